The fourth-order valence-corrected chi connectivity index (χ4v) is 2.62. The SMILES string of the molecule is CC(=CCCCN(Cc1ccccc1)Cc1ccccc1)C(=O)O. The van der Waals surface area contributed by atoms with Crippen LogP contribution in [-0.2, 0) is 17.9 Å². The lowest BCUT2D eigenvalue weighted by Gasteiger charge is -2.22. The molecule has 3 nitrogen and oxygen atoms in total. The Hall–Kier alpha value is -2.39. The number of unbranched alkanes of at least 4 members (excludes halogenated alkanes) is 1. The summed E-state index contributed by atoms with van der Waals surface area (Å²) in [5.74, 6) is -0.833. The molecule has 0 radical (unpaired) electrons. The lowest BCUT2D eigenvalue weighted by Crippen LogP contribution is -2.24. The predicted octanol–water partition coefficient (Wildman–Crippen LogP) is 4.50. The summed E-state index contributed by atoms with van der Waals surface area (Å²) in [7, 11) is 0. The number of allylic oxidation sites excluding steroid dienone is 1. The molecule has 0 atom stereocenters. The van der Waals surface area contributed by atoms with Crippen molar-refractivity contribution in [1.82, 2.24) is 4.90 Å². The number of benzene rings is 2. The number of hydrogen-bond acceptors (Lipinski definition) is 2. The molecule has 0 saturated carbocycles. The zero-order chi connectivity index (χ0) is 17.2. The Bertz CT molecular complexity index is 609. The lowest BCUT2D eigenvalue weighted by molar-refractivity contribution is -0.132. The molecule has 2 aromatic carbocycles. The average Bonchev–Trinajstić information content (AvgIpc) is 2.60. The Morgan fingerprint density at radius 1 is 0.958 bits per heavy atom. The molecule has 0 spiro atoms. The summed E-state index contributed by atoms with van der Waals surface area (Å²) in [6, 6.07) is 20.9. The van der Waals surface area contributed by atoms with Crippen LogP contribution in [0.5, 0.6) is 0 Å². The van der Waals surface area contributed by atoms with Gasteiger partial charge in [0, 0.05) is 18.7 Å². The van der Waals surface area contributed by atoms with Crippen LogP contribution in [0.4, 0.5) is 0 Å². The summed E-state index contributed by atoms with van der Waals surface area (Å²) in [4.78, 5) is 13.2. The fourth-order valence-electron chi connectivity index (χ4n) is 2.62. The Balaban J connectivity index is 1.94. The van der Waals surface area contributed by atoms with Crippen LogP contribution in [0, 0.1) is 0 Å². The van der Waals surface area contributed by atoms with Crippen LogP contribution in [0.15, 0.2) is 72.3 Å². The Kier molecular flexibility index (Phi) is 7.24. The molecule has 0 aliphatic rings. The number of carbonyl (C=O) groups is 1. The third kappa shape index (κ3) is 6.39. The first kappa shape index (κ1) is 18.0. The van der Waals surface area contributed by atoms with Gasteiger partial charge in [-0.15, -0.1) is 0 Å². The highest BCUT2D eigenvalue weighted by atomic mass is 16.4. The average molecular weight is 323 g/mol. The maximum atomic E-state index is 10.8. The summed E-state index contributed by atoms with van der Waals surface area (Å²) in [5, 5.41) is 8.90. The van der Waals surface area contributed by atoms with Gasteiger partial charge in [0.1, 0.15) is 0 Å². The van der Waals surface area contributed by atoms with Crippen LogP contribution in [0.1, 0.15) is 30.9 Å². The van der Waals surface area contributed by atoms with E-state index in [9.17, 15) is 4.79 Å². The number of rotatable bonds is 9. The zero-order valence-corrected chi connectivity index (χ0v) is 14.2. The van der Waals surface area contributed by atoms with Gasteiger partial charge < -0.3 is 5.11 Å². The number of nitrogens with zero attached hydrogens (tertiary/aromatic N) is 1. The molecular formula is C21H25NO2. The summed E-state index contributed by atoms with van der Waals surface area (Å²) >= 11 is 0. The van der Waals surface area contributed by atoms with Crippen LogP contribution < -0.4 is 0 Å². The number of hydrogen-bond donors (Lipinski definition) is 1. The molecule has 0 fully saturated rings. The van der Waals surface area contributed by atoms with Gasteiger partial charge in [0.2, 0.25) is 0 Å². The molecular weight excluding hydrogens is 298 g/mol. The third-order valence-electron chi connectivity index (χ3n) is 3.96. The molecule has 0 heterocycles. The lowest BCUT2D eigenvalue weighted by atomic mass is 10.1. The summed E-state index contributed by atoms with van der Waals surface area (Å²) in [6.07, 6.45) is 3.55. The van der Waals surface area contributed by atoms with Crippen molar-refractivity contribution in [2.45, 2.75) is 32.9 Å². The first-order valence-electron chi connectivity index (χ1n) is 8.35. The highest BCUT2D eigenvalue weighted by molar-refractivity contribution is 5.85. The quantitative estimate of drug-likeness (QED) is 0.545. The first-order valence-corrected chi connectivity index (χ1v) is 8.35. The van der Waals surface area contributed by atoms with E-state index in [-0.39, 0.29) is 0 Å². The van der Waals surface area contributed by atoms with Crippen molar-refractivity contribution in [3.63, 3.8) is 0 Å². The van der Waals surface area contributed by atoms with E-state index in [1.807, 2.05) is 18.2 Å². The monoisotopic (exact) mass is 323 g/mol. The van der Waals surface area contributed by atoms with E-state index >= 15 is 0 Å². The van der Waals surface area contributed by atoms with E-state index in [1.165, 1.54) is 11.1 Å². The second kappa shape index (κ2) is 9.68. The Labute approximate surface area is 144 Å². The summed E-state index contributed by atoms with van der Waals surface area (Å²) < 4.78 is 0. The predicted molar refractivity (Wildman–Crippen MR) is 97.6 cm³/mol. The van der Waals surface area contributed by atoms with Crippen LogP contribution >= 0.6 is 0 Å². The molecule has 126 valence electrons. The number of aliphatic carboxylic acids is 1. The van der Waals surface area contributed by atoms with Crippen LogP contribution in [0.25, 0.3) is 0 Å². The van der Waals surface area contributed by atoms with Crippen molar-refractivity contribution in [2.24, 2.45) is 0 Å². The molecule has 0 aliphatic heterocycles. The molecule has 0 aromatic heterocycles. The van der Waals surface area contributed by atoms with Crippen molar-refractivity contribution in [1.29, 1.82) is 0 Å². The van der Waals surface area contributed by atoms with Gasteiger partial charge in [-0.25, -0.2) is 4.79 Å². The van der Waals surface area contributed by atoms with Gasteiger partial charge in [-0.3, -0.25) is 4.90 Å². The van der Waals surface area contributed by atoms with Gasteiger partial charge in [0.25, 0.3) is 0 Å². The molecule has 0 aliphatic carbocycles. The van der Waals surface area contributed by atoms with Crippen LogP contribution in [0.2, 0.25) is 0 Å². The van der Waals surface area contributed by atoms with Crippen LogP contribution in [0.3, 0.4) is 0 Å². The minimum absolute atomic E-state index is 0.424. The Morgan fingerprint density at radius 3 is 1.92 bits per heavy atom. The summed E-state index contributed by atoms with van der Waals surface area (Å²) in [5.41, 5.74) is 3.02. The second-order valence-electron chi connectivity index (χ2n) is 6.02. The topological polar surface area (TPSA) is 40.5 Å². The van der Waals surface area contributed by atoms with Crippen molar-refractivity contribution in [2.75, 3.05) is 6.54 Å². The smallest absolute Gasteiger partial charge is 0.330 e. The zero-order valence-electron chi connectivity index (χ0n) is 14.2. The van der Waals surface area contributed by atoms with Gasteiger partial charge in [0.05, 0.1) is 0 Å². The van der Waals surface area contributed by atoms with Crippen molar-refractivity contribution < 1.29 is 9.90 Å². The molecule has 1 N–H and O–H groups in total. The van der Waals surface area contributed by atoms with Gasteiger partial charge >= 0.3 is 5.97 Å². The Morgan fingerprint density at radius 2 is 1.46 bits per heavy atom. The van der Waals surface area contributed by atoms with E-state index in [0.29, 0.717) is 5.57 Å². The minimum atomic E-state index is -0.833. The highest BCUT2D eigenvalue weighted by Crippen LogP contribution is 2.11. The van der Waals surface area contributed by atoms with Crippen molar-refractivity contribution in [3.05, 3.63) is 83.4 Å². The van der Waals surface area contributed by atoms with Crippen LogP contribution in [-0.4, -0.2) is 22.5 Å². The number of carboxylic acids is 1. The maximum absolute atomic E-state index is 10.8. The van der Waals surface area contributed by atoms with Gasteiger partial charge in [-0.2, -0.15) is 0 Å². The molecule has 2 rings (SSSR count). The highest BCUT2D eigenvalue weighted by Gasteiger charge is 2.07. The van der Waals surface area contributed by atoms with Crippen molar-refractivity contribution >= 4 is 5.97 Å². The molecule has 24 heavy (non-hydrogen) atoms. The second-order valence-corrected chi connectivity index (χ2v) is 6.02. The van der Waals surface area contributed by atoms with Gasteiger partial charge in [0.15, 0.2) is 0 Å². The molecule has 0 bridgehead atoms. The maximum Gasteiger partial charge on any atom is 0.330 e. The summed E-state index contributed by atoms with van der Waals surface area (Å²) in [6.45, 7) is 4.38. The van der Waals surface area contributed by atoms with Gasteiger partial charge in [-0.05, 0) is 37.4 Å². The third-order valence-corrected chi connectivity index (χ3v) is 3.96. The van der Waals surface area contributed by atoms with Crippen molar-refractivity contribution in [3.8, 4) is 0 Å². The number of carboxylic acid groups (broad SMARTS) is 1. The molecule has 3 heteroatoms. The first-order chi connectivity index (χ1) is 11.6. The fraction of sp³-hybridized carbons (Fsp3) is 0.286. The standard InChI is InChI=1S/C21H25NO2/c1-18(21(23)24)10-8-9-15-22(16-19-11-4-2-5-12-19)17-20-13-6-3-7-14-20/h2-7,10-14H,8-9,15-17H2,1H3,(H,23,24). The molecule has 0 amide bonds. The van der Waals surface area contributed by atoms with E-state index in [0.717, 1.165) is 32.5 Å². The van der Waals surface area contributed by atoms with E-state index < -0.39 is 5.97 Å². The van der Waals surface area contributed by atoms with E-state index in [2.05, 4.69) is 53.4 Å². The minimum Gasteiger partial charge on any atom is -0.478 e. The molecule has 0 unspecified atom stereocenters. The van der Waals surface area contributed by atoms with Gasteiger partial charge in [-0.1, -0.05) is 66.7 Å². The van der Waals surface area contributed by atoms with E-state index in [4.69, 9.17) is 5.11 Å². The molecule has 2 aromatic rings. The van der Waals surface area contributed by atoms with E-state index in [1.54, 1.807) is 6.92 Å². The normalized spacial score (nSPS) is 11.7. The largest absolute Gasteiger partial charge is 0.478 e. The molecule has 0 saturated heterocycles.